The van der Waals surface area contributed by atoms with Crippen molar-refractivity contribution in [3.05, 3.63) is 72.6 Å². The Labute approximate surface area is 145 Å². The molecular weight excluding hydrogens is 314 g/mol. The third-order valence-electron chi connectivity index (χ3n) is 3.81. The number of rotatable bonds is 5. The summed E-state index contributed by atoms with van der Waals surface area (Å²) in [6.07, 6.45) is 3.20. The predicted molar refractivity (Wildman–Crippen MR) is 97.8 cm³/mol. The molecule has 0 saturated heterocycles. The van der Waals surface area contributed by atoms with Crippen LogP contribution in [0, 0.1) is 6.92 Å². The SMILES string of the molecule is Cc1ccc2c(Nc3cccc(NCc4ccco4)c3)ncnc2n1. The van der Waals surface area contributed by atoms with Gasteiger partial charge in [0.2, 0.25) is 0 Å². The maximum absolute atomic E-state index is 5.34. The zero-order valence-corrected chi connectivity index (χ0v) is 13.7. The Morgan fingerprint density at radius 2 is 1.92 bits per heavy atom. The molecule has 0 aliphatic carbocycles. The first-order valence-electron chi connectivity index (χ1n) is 8.00. The van der Waals surface area contributed by atoms with E-state index in [1.165, 1.54) is 6.33 Å². The van der Waals surface area contributed by atoms with E-state index in [2.05, 4.69) is 25.6 Å². The highest BCUT2D eigenvalue weighted by atomic mass is 16.3. The van der Waals surface area contributed by atoms with Crippen LogP contribution in [0.3, 0.4) is 0 Å². The monoisotopic (exact) mass is 331 g/mol. The number of nitrogens with zero attached hydrogens (tertiary/aromatic N) is 3. The lowest BCUT2D eigenvalue weighted by atomic mass is 10.2. The predicted octanol–water partition coefficient (Wildman–Crippen LogP) is 4.28. The Kier molecular flexibility index (Phi) is 4.00. The molecule has 6 heteroatoms. The lowest BCUT2D eigenvalue weighted by molar-refractivity contribution is 0.518. The molecule has 4 aromatic rings. The molecule has 6 nitrogen and oxygen atoms in total. The van der Waals surface area contributed by atoms with E-state index in [-0.39, 0.29) is 0 Å². The molecule has 2 N–H and O–H groups in total. The minimum Gasteiger partial charge on any atom is -0.467 e. The van der Waals surface area contributed by atoms with Crippen LogP contribution in [0.1, 0.15) is 11.5 Å². The van der Waals surface area contributed by atoms with Crippen molar-refractivity contribution < 1.29 is 4.42 Å². The fraction of sp³-hybridized carbons (Fsp3) is 0.105. The summed E-state index contributed by atoms with van der Waals surface area (Å²) in [6.45, 7) is 2.58. The molecule has 0 radical (unpaired) electrons. The second-order valence-electron chi connectivity index (χ2n) is 5.68. The van der Waals surface area contributed by atoms with Crippen molar-refractivity contribution in [2.24, 2.45) is 0 Å². The van der Waals surface area contributed by atoms with Crippen LogP contribution in [0.5, 0.6) is 0 Å². The fourth-order valence-corrected chi connectivity index (χ4v) is 2.58. The number of fused-ring (bicyclic) bond motifs is 1. The number of hydrogen-bond acceptors (Lipinski definition) is 6. The Morgan fingerprint density at radius 1 is 1.00 bits per heavy atom. The van der Waals surface area contributed by atoms with Gasteiger partial charge in [0.05, 0.1) is 18.2 Å². The molecule has 4 rings (SSSR count). The van der Waals surface area contributed by atoms with E-state index in [1.807, 2.05) is 55.5 Å². The minimum atomic E-state index is 0.635. The zero-order chi connectivity index (χ0) is 17.1. The largest absolute Gasteiger partial charge is 0.467 e. The summed E-state index contributed by atoms with van der Waals surface area (Å²) >= 11 is 0. The second-order valence-corrected chi connectivity index (χ2v) is 5.68. The molecule has 0 fully saturated rings. The smallest absolute Gasteiger partial charge is 0.164 e. The van der Waals surface area contributed by atoms with E-state index in [4.69, 9.17) is 4.42 Å². The standard InChI is InChI=1S/C19H17N5O/c1-13-7-8-17-18(23-13)21-12-22-19(17)24-15-5-2-4-14(10-15)20-11-16-6-3-9-25-16/h2-10,12,20H,11H2,1H3,(H,21,22,23,24). The average molecular weight is 331 g/mol. The fourth-order valence-electron chi connectivity index (χ4n) is 2.58. The average Bonchev–Trinajstić information content (AvgIpc) is 3.14. The second kappa shape index (κ2) is 6.60. The molecule has 3 aromatic heterocycles. The van der Waals surface area contributed by atoms with E-state index in [0.717, 1.165) is 34.0 Å². The van der Waals surface area contributed by atoms with Crippen molar-refractivity contribution in [1.82, 2.24) is 15.0 Å². The highest BCUT2D eigenvalue weighted by Crippen LogP contribution is 2.24. The van der Waals surface area contributed by atoms with Crippen LogP contribution in [-0.4, -0.2) is 15.0 Å². The number of furan rings is 1. The number of pyridine rings is 1. The Morgan fingerprint density at radius 3 is 2.80 bits per heavy atom. The van der Waals surface area contributed by atoms with E-state index >= 15 is 0 Å². The molecule has 0 saturated carbocycles. The maximum Gasteiger partial charge on any atom is 0.164 e. The van der Waals surface area contributed by atoms with Gasteiger partial charge in [-0.25, -0.2) is 15.0 Å². The first kappa shape index (κ1) is 15.1. The van der Waals surface area contributed by atoms with Crippen LogP contribution in [0.25, 0.3) is 11.0 Å². The molecule has 0 atom stereocenters. The Hall–Kier alpha value is -3.41. The summed E-state index contributed by atoms with van der Waals surface area (Å²) in [7, 11) is 0. The zero-order valence-electron chi connectivity index (χ0n) is 13.7. The normalized spacial score (nSPS) is 10.8. The van der Waals surface area contributed by atoms with E-state index in [9.17, 15) is 0 Å². The molecule has 0 spiro atoms. The van der Waals surface area contributed by atoms with Gasteiger partial charge in [-0.2, -0.15) is 0 Å². The van der Waals surface area contributed by atoms with Gasteiger partial charge in [0.15, 0.2) is 5.65 Å². The van der Waals surface area contributed by atoms with Crippen molar-refractivity contribution in [2.45, 2.75) is 13.5 Å². The number of aromatic nitrogens is 3. The van der Waals surface area contributed by atoms with E-state index in [1.54, 1.807) is 6.26 Å². The van der Waals surface area contributed by atoms with Gasteiger partial charge >= 0.3 is 0 Å². The molecule has 25 heavy (non-hydrogen) atoms. The van der Waals surface area contributed by atoms with Crippen LogP contribution in [0.2, 0.25) is 0 Å². The number of aryl methyl sites for hydroxylation is 1. The first-order valence-corrected chi connectivity index (χ1v) is 8.00. The van der Waals surface area contributed by atoms with E-state index in [0.29, 0.717) is 12.2 Å². The highest BCUT2D eigenvalue weighted by molar-refractivity contribution is 5.88. The topological polar surface area (TPSA) is 75.9 Å². The molecule has 0 unspecified atom stereocenters. The van der Waals surface area contributed by atoms with Crippen LogP contribution in [-0.2, 0) is 6.54 Å². The molecule has 1 aromatic carbocycles. The summed E-state index contributed by atoms with van der Waals surface area (Å²) < 4.78 is 5.34. The molecular formula is C19H17N5O. The summed E-state index contributed by atoms with van der Waals surface area (Å²) in [5, 5.41) is 7.58. The molecule has 0 bridgehead atoms. The number of nitrogens with one attached hydrogen (secondary N) is 2. The van der Waals surface area contributed by atoms with Gasteiger partial charge in [-0.15, -0.1) is 0 Å². The van der Waals surface area contributed by atoms with Crippen molar-refractivity contribution >= 4 is 28.2 Å². The summed E-state index contributed by atoms with van der Waals surface area (Å²) in [6, 6.07) is 15.8. The van der Waals surface area contributed by atoms with Crippen molar-refractivity contribution in [1.29, 1.82) is 0 Å². The Balaban J connectivity index is 1.56. The van der Waals surface area contributed by atoms with Gasteiger partial charge in [-0.05, 0) is 49.4 Å². The lowest BCUT2D eigenvalue weighted by Gasteiger charge is -2.10. The van der Waals surface area contributed by atoms with Gasteiger partial charge < -0.3 is 15.1 Å². The molecule has 0 aliphatic rings. The molecule has 3 heterocycles. The van der Waals surface area contributed by atoms with Crippen molar-refractivity contribution in [3.63, 3.8) is 0 Å². The van der Waals surface area contributed by atoms with Crippen LogP contribution in [0.15, 0.2) is 65.5 Å². The van der Waals surface area contributed by atoms with Gasteiger partial charge in [-0.1, -0.05) is 6.07 Å². The third kappa shape index (κ3) is 3.42. The van der Waals surface area contributed by atoms with Gasteiger partial charge in [0.1, 0.15) is 17.9 Å². The van der Waals surface area contributed by atoms with E-state index < -0.39 is 0 Å². The van der Waals surface area contributed by atoms with Crippen LogP contribution < -0.4 is 10.6 Å². The number of anilines is 3. The highest BCUT2D eigenvalue weighted by Gasteiger charge is 2.06. The lowest BCUT2D eigenvalue weighted by Crippen LogP contribution is -2.00. The van der Waals surface area contributed by atoms with Gasteiger partial charge in [0.25, 0.3) is 0 Å². The Bertz CT molecular complexity index is 998. The molecule has 0 amide bonds. The number of hydrogen-bond donors (Lipinski definition) is 2. The minimum absolute atomic E-state index is 0.635. The molecule has 124 valence electrons. The van der Waals surface area contributed by atoms with Gasteiger partial charge in [-0.3, -0.25) is 0 Å². The number of benzene rings is 1. The maximum atomic E-state index is 5.34. The quantitative estimate of drug-likeness (QED) is 0.568. The van der Waals surface area contributed by atoms with Crippen molar-refractivity contribution in [2.75, 3.05) is 10.6 Å². The summed E-state index contributed by atoms with van der Waals surface area (Å²) in [5.41, 5.74) is 3.55. The van der Waals surface area contributed by atoms with Crippen LogP contribution in [0.4, 0.5) is 17.2 Å². The third-order valence-corrected chi connectivity index (χ3v) is 3.81. The van der Waals surface area contributed by atoms with Gasteiger partial charge in [0, 0.05) is 17.1 Å². The van der Waals surface area contributed by atoms with Crippen LogP contribution >= 0.6 is 0 Å². The molecule has 0 aliphatic heterocycles. The summed E-state index contributed by atoms with van der Waals surface area (Å²) in [5.74, 6) is 1.63. The first-order chi connectivity index (χ1) is 12.3. The summed E-state index contributed by atoms with van der Waals surface area (Å²) in [4.78, 5) is 13.0. The van der Waals surface area contributed by atoms with Crippen molar-refractivity contribution in [3.8, 4) is 0 Å².